The van der Waals surface area contributed by atoms with Crippen LogP contribution in [0.15, 0.2) is 29.4 Å². The van der Waals surface area contributed by atoms with Gasteiger partial charge in [-0.1, -0.05) is 18.2 Å². The van der Waals surface area contributed by atoms with Crippen molar-refractivity contribution in [2.45, 2.75) is 37.4 Å². The van der Waals surface area contributed by atoms with E-state index in [4.69, 9.17) is 4.74 Å². The van der Waals surface area contributed by atoms with E-state index in [-0.39, 0.29) is 36.7 Å². The van der Waals surface area contributed by atoms with E-state index >= 15 is 0 Å². The minimum Gasteiger partial charge on any atom is -0.447 e. The first kappa shape index (κ1) is 20.8. The smallest absolute Gasteiger partial charge is 0.416 e. The van der Waals surface area contributed by atoms with Crippen molar-refractivity contribution in [3.05, 3.63) is 35.9 Å². The number of aromatic nitrogens is 3. The summed E-state index contributed by atoms with van der Waals surface area (Å²) in [5, 5.41) is 9.27. The van der Waals surface area contributed by atoms with E-state index in [2.05, 4.69) is 22.0 Å². The molecule has 1 atom stereocenters. The first-order chi connectivity index (χ1) is 14.5. The van der Waals surface area contributed by atoms with Gasteiger partial charge in [-0.05, 0) is 57.1 Å². The summed E-state index contributed by atoms with van der Waals surface area (Å²) in [6.45, 7) is 4.57. The number of piperidine rings is 1. The fraction of sp³-hybridized carbons (Fsp3) is 0.500. The van der Waals surface area contributed by atoms with Gasteiger partial charge in [0.15, 0.2) is 11.0 Å². The van der Waals surface area contributed by atoms with E-state index in [1.807, 2.05) is 4.57 Å². The zero-order valence-corrected chi connectivity index (χ0v) is 17.6. The SMILES string of the molecule is CC(c1nnc(SCC(=O)N2CCOC2=O)n1-c1ccc(F)cc1)N1CCCCC1. The number of ether oxygens (including phenoxy) is 1. The Labute approximate surface area is 178 Å². The van der Waals surface area contributed by atoms with Crippen LogP contribution < -0.4 is 0 Å². The normalized spacial score (nSPS) is 18.5. The average Bonchev–Trinajstić information content (AvgIpc) is 3.39. The van der Waals surface area contributed by atoms with Crippen molar-refractivity contribution in [1.82, 2.24) is 24.6 Å². The summed E-state index contributed by atoms with van der Waals surface area (Å²) >= 11 is 1.21. The second-order valence-electron chi connectivity index (χ2n) is 7.37. The molecule has 0 spiro atoms. The average molecular weight is 434 g/mol. The van der Waals surface area contributed by atoms with Crippen LogP contribution in [0.2, 0.25) is 0 Å². The molecule has 10 heteroatoms. The van der Waals surface area contributed by atoms with Gasteiger partial charge in [0.1, 0.15) is 12.4 Å². The minimum absolute atomic E-state index is 0.0291. The number of carbonyl (C=O) groups is 2. The van der Waals surface area contributed by atoms with Crippen molar-refractivity contribution in [2.24, 2.45) is 0 Å². The van der Waals surface area contributed by atoms with Crippen molar-refractivity contribution in [3.63, 3.8) is 0 Å². The number of rotatable bonds is 6. The predicted octanol–water partition coefficient (Wildman–Crippen LogP) is 3.02. The molecule has 30 heavy (non-hydrogen) atoms. The molecule has 8 nitrogen and oxygen atoms in total. The molecule has 2 aliphatic heterocycles. The van der Waals surface area contributed by atoms with Gasteiger partial charge in [0.25, 0.3) is 0 Å². The summed E-state index contributed by atoms with van der Waals surface area (Å²) < 4.78 is 20.2. The van der Waals surface area contributed by atoms with Crippen molar-refractivity contribution in [3.8, 4) is 5.69 Å². The number of hydrogen-bond donors (Lipinski definition) is 0. The fourth-order valence-electron chi connectivity index (χ4n) is 3.77. The maximum Gasteiger partial charge on any atom is 0.416 e. The summed E-state index contributed by atoms with van der Waals surface area (Å²) in [5.74, 6) is 0.127. The third-order valence-corrected chi connectivity index (χ3v) is 6.36. The maximum atomic E-state index is 13.5. The number of likely N-dealkylation sites (tertiary alicyclic amines) is 1. The van der Waals surface area contributed by atoms with Crippen LogP contribution in [-0.4, -0.2) is 68.6 Å². The molecular weight excluding hydrogens is 409 g/mol. The summed E-state index contributed by atoms with van der Waals surface area (Å²) in [6, 6.07) is 6.17. The summed E-state index contributed by atoms with van der Waals surface area (Å²) in [6.07, 6.45) is 2.92. The van der Waals surface area contributed by atoms with Gasteiger partial charge in [-0.15, -0.1) is 10.2 Å². The van der Waals surface area contributed by atoms with E-state index in [9.17, 15) is 14.0 Å². The summed E-state index contributed by atoms with van der Waals surface area (Å²) in [4.78, 5) is 27.5. The number of amides is 2. The molecule has 2 aliphatic rings. The number of imide groups is 1. The number of carbonyl (C=O) groups excluding carboxylic acids is 2. The highest BCUT2D eigenvalue weighted by atomic mass is 32.2. The van der Waals surface area contributed by atoms with E-state index in [1.54, 1.807) is 12.1 Å². The Kier molecular flexibility index (Phi) is 6.33. The Hall–Kier alpha value is -2.46. The van der Waals surface area contributed by atoms with E-state index in [1.165, 1.54) is 30.3 Å². The van der Waals surface area contributed by atoms with Gasteiger partial charge in [0, 0.05) is 5.69 Å². The first-order valence-electron chi connectivity index (χ1n) is 10.1. The molecule has 0 aliphatic carbocycles. The third kappa shape index (κ3) is 4.34. The molecule has 0 bridgehead atoms. The lowest BCUT2D eigenvalue weighted by molar-refractivity contribution is -0.125. The van der Waals surface area contributed by atoms with Crippen molar-refractivity contribution < 1.29 is 18.7 Å². The topological polar surface area (TPSA) is 80.6 Å². The van der Waals surface area contributed by atoms with Gasteiger partial charge in [-0.25, -0.2) is 14.1 Å². The van der Waals surface area contributed by atoms with Crippen LogP contribution in [-0.2, 0) is 9.53 Å². The highest BCUT2D eigenvalue weighted by Crippen LogP contribution is 2.29. The zero-order chi connectivity index (χ0) is 21.1. The number of thioether (sulfide) groups is 1. The standard InChI is InChI=1S/C20H24FN5O3S/c1-14(24-9-3-2-4-10-24)18-22-23-19(26(18)16-7-5-15(21)6-8-16)30-13-17(27)25-11-12-29-20(25)28/h5-8,14H,2-4,9-13H2,1H3. The third-order valence-electron chi connectivity index (χ3n) is 5.44. The second-order valence-corrected chi connectivity index (χ2v) is 8.32. The van der Waals surface area contributed by atoms with Crippen LogP contribution in [0.4, 0.5) is 9.18 Å². The largest absolute Gasteiger partial charge is 0.447 e. The quantitative estimate of drug-likeness (QED) is 0.648. The molecule has 2 fully saturated rings. The van der Waals surface area contributed by atoms with E-state index in [0.29, 0.717) is 5.16 Å². The fourth-order valence-corrected chi connectivity index (χ4v) is 4.61. The molecule has 160 valence electrons. The predicted molar refractivity (Wildman–Crippen MR) is 109 cm³/mol. The van der Waals surface area contributed by atoms with Gasteiger partial charge in [0.05, 0.1) is 18.3 Å². The Morgan fingerprint density at radius 1 is 1.17 bits per heavy atom. The van der Waals surface area contributed by atoms with Crippen LogP contribution >= 0.6 is 11.8 Å². The lowest BCUT2D eigenvalue weighted by atomic mass is 10.1. The molecule has 1 aromatic heterocycles. The molecule has 2 saturated heterocycles. The number of hydrogen-bond acceptors (Lipinski definition) is 7. The molecular formula is C20H24FN5O3S. The summed E-state index contributed by atoms with van der Waals surface area (Å²) in [5.41, 5.74) is 0.732. The van der Waals surface area contributed by atoms with Gasteiger partial charge >= 0.3 is 6.09 Å². The maximum absolute atomic E-state index is 13.5. The molecule has 0 radical (unpaired) electrons. The Balaban J connectivity index is 1.59. The lowest BCUT2D eigenvalue weighted by Crippen LogP contribution is -2.33. The zero-order valence-electron chi connectivity index (χ0n) is 16.8. The summed E-state index contributed by atoms with van der Waals surface area (Å²) in [7, 11) is 0. The first-order valence-corrected chi connectivity index (χ1v) is 11.1. The molecule has 2 amide bonds. The monoisotopic (exact) mass is 433 g/mol. The van der Waals surface area contributed by atoms with Gasteiger partial charge in [-0.2, -0.15) is 0 Å². The van der Waals surface area contributed by atoms with E-state index < -0.39 is 6.09 Å². The molecule has 3 heterocycles. The van der Waals surface area contributed by atoms with Crippen LogP contribution in [0, 0.1) is 5.82 Å². The van der Waals surface area contributed by atoms with Crippen LogP contribution in [0.1, 0.15) is 38.1 Å². The van der Waals surface area contributed by atoms with Gasteiger partial charge < -0.3 is 4.74 Å². The number of benzene rings is 1. The Morgan fingerprint density at radius 3 is 2.57 bits per heavy atom. The van der Waals surface area contributed by atoms with Crippen molar-refractivity contribution in [2.75, 3.05) is 32.0 Å². The molecule has 4 rings (SSSR count). The van der Waals surface area contributed by atoms with Gasteiger partial charge in [0.2, 0.25) is 5.91 Å². The lowest BCUT2D eigenvalue weighted by Gasteiger charge is -2.31. The Bertz CT molecular complexity index is 914. The number of cyclic esters (lactones) is 1. The van der Waals surface area contributed by atoms with Crippen LogP contribution in [0.5, 0.6) is 0 Å². The van der Waals surface area contributed by atoms with Crippen LogP contribution in [0.25, 0.3) is 5.69 Å². The molecule has 2 aromatic rings. The van der Waals surface area contributed by atoms with Crippen molar-refractivity contribution in [1.29, 1.82) is 0 Å². The van der Waals surface area contributed by atoms with Crippen LogP contribution in [0.3, 0.4) is 0 Å². The highest BCUT2D eigenvalue weighted by molar-refractivity contribution is 7.99. The van der Waals surface area contributed by atoms with Crippen molar-refractivity contribution >= 4 is 23.8 Å². The number of halogens is 1. The molecule has 1 unspecified atom stereocenters. The van der Waals surface area contributed by atoms with E-state index in [0.717, 1.165) is 42.3 Å². The highest BCUT2D eigenvalue weighted by Gasteiger charge is 2.30. The van der Waals surface area contributed by atoms with Gasteiger partial charge in [-0.3, -0.25) is 14.3 Å². The molecule has 0 saturated carbocycles. The second kappa shape index (κ2) is 9.13. The Morgan fingerprint density at radius 2 is 1.90 bits per heavy atom. The number of nitrogens with zero attached hydrogens (tertiary/aromatic N) is 5. The minimum atomic E-state index is -0.611. The molecule has 0 N–H and O–H groups in total. The molecule has 1 aromatic carbocycles.